The largest absolute Gasteiger partial charge is 0.482 e. The minimum Gasteiger partial charge on any atom is -0.482 e. The summed E-state index contributed by atoms with van der Waals surface area (Å²) >= 11 is 0. The molecule has 1 aromatic heterocycles. The van der Waals surface area contributed by atoms with Crippen molar-refractivity contribution >= 4 is 5.91 Å². The molecule has 2 aliphatic rings. The molecule has 0 radical (unpaired) electrons. The Hall–Kier alpha value is -2.47. The van der Waals surface area contributed by atoms with Crippen LogP contribution in [0.15, 0.2) is 36.4 Å². The summed E-state index contributed by atoms with van der Waals surface area (Å²) in [6.45, 7) is 0. The number of amides is 1. The Labute approximate surface area is 140 Å². The molecule has 2 fully saturated rings. The van der Waals surface area contributed by atoms with E-state index in [1.165, 1.54) is 6.42 Å². The molecule has 0 saturated carbocycles. The van der Waals surface area contributed by atoms with Crippen molar-refractivity contribution in [2.75, 3.05) is 7.11 Å². The van der Waals surface area contributed by atoms with Crippen molar-refractivity contribution in [3.63, 3.8) is 0 Å². The van der Waals surface area contributed by atoms with Crippen LogP contribution in [0.2, 0.25) is 0 Å². The molecule has 0 spiro atoms. The van der Waals surface area contributed by atoms with Crippen LogP contribution in [0.1, 0.15) is 29.6 Å². The van der Waals surface area contributed by atoms with Crippen LogP contribution in [0.4, 0.5) is 0 Å². The van der Waals surface area contributed by atoms with E-state index in [2.05, 4.69) is 15.6 Å². The lowest BCUT2D eigenvalue weighted by Crippen LogP contribution is -2.42. The van der Waals surface area contributed by atoms with Gasteiger partial charge >= 0.3 is 0 Å². The molecule has 2 bridgehead atoms. The van der Waals surface area contributed by atoms with Crippen molar-refractivity contribution in [3.05, 3.63) is 42.0 Å². The summed E-state index contributed by atoms with van der Waals surface area (Å²) in [7, 11) is 1.59. The number of ether oxygens (including phenoxy) is 2. The average molecular weight is 327 g/mol. The number of methoxy groups -OCH3 is 1. The summed E-state index contributed by atoms with van der Waals surface area (Å²) in [5.41, 5.74) is 0.647. The number of rotatable bonds is 5. The number of aromatic amines is 1. The Morgan fingerprint density at radius 1 is 1.12 bits per heavy atom. The van der Waals surface area contributed by atoms with Crippen LogP contribution in [-0.4, -0.2) is 36.1 Å². The zero-order valence-corrected chi connectivity index (χ0v) is 13.5. The smallest absolute Gasteiger partial charge is 0.251 e. The fourth-order valence-corrected chi connectivity index (χ4v) is 3.57. The quantitative estimate of drug-likeness (QED) is 0.788. The molecule has 2 aliphatic heterocycles. The maximum atomic E-state index is 12.4. The standard InChI is InChI=1S/C18H21N3O3/c1-23-16-8-9-17(21-16)24-13-5-2-11(3-6-13)18(22)20-15-10-12-4-7-14(15)19-12/h2-3,5-6,8-9,12,14-15,19,21H,4,7,10H2,1H3,(H,20,22)/t12-,14+,15-/m1/s1. The van der Waals surface area contributed by atoms with E-state index in [0.717, 1.165) is 12.8 Å². The Kier molecular flexibility index (Phi) is 3.90. The lowest BCUT2D eigenvalue weighted by molar-refractivity contribution is 0.0931. The van der Waals surface area contributed by atoms with E-state index in [4.69, 9.17) is 9.47 Å². The van der Waals surface area contributed by atoms with Gasteiger partial charge in [-0.15, -0.1) is 0 Å². The van der Waals surface area contributed by atoms with Gasteiger partial charge in [0.15, 0.2) is 11.8 Å². The number of hydrogen-bond donors (Lipinski definition) is 3. The highest BCUT2D eigenvalue weighted by Gasteiger charge is 2.39. The maximum Gasteiger partial charge on any atom is 0.251 e. The summed E-state index contributed by atoms with van der Waals surface area (Å²) in [6.07, 6.45) is 3.42. The van der Waals surface area contributed by atoms with Crippen molar-refractivity contribution in [1.29, 1.82) is 0 Å². The molecule has 3 atom stereocenters. The molecular formula is C18H21N3O3. The van der Waals surface area contributed by atoms with E-state index >= 15 is 0 Å². The van der Waals surface area contributed by atoms with Crippen LogP contribution in [0.25, 0.3) is 0 Å². The SMILES string of the molecule is COc1ccc(Oc2ccc(C(=O)N[C@@H]3C[C@H]4CC[C@@H]3N4)cc2)[nH]1. The molecule has 6 heteroatoms. The second-order valence-corrected chi connectivity index (χ2v) is 6.38. The molecule has 4 rings (SSSR count). The first-order valence-electron chi connectivity index (χ1n) is 8.29. The highest BCUT2D eigenvalue weighted by molar-refractivity contribution is 5.94. The van der Waals surface area contributed by atoms with Gasteiger partial charge in [-0.1, -0.05) is 0 Å². The molecule has 2 saturated heterocycles. The van der Waals surface area contributed by atoms with Crippen molar-refractivity contribution < 1.29 is 14.3 Å². The minimum atomic E-state index is -0.0255. The number of benzene rings is 1. The van der Waals surface area contributed by atoms with Crippen LogP contribution in [0, 0.1) is 0 Å². The Morgan fingerprint density at radius 2 is 1.92 bits per heavy atom. The highest BCUT2D eigenvalue weighted by Crippen LogP contribution is 2.28. The molecule has 1 aromatic carbocycles. The molecule has 6 nitrogen and oxygen atoms in total. The van der Waals surface area contributed by atoms with Crippen LogP contribution < -0.4 is 20.1 Å². The number of nitrogens with one attached hydrogen (secondary N) is 3. The maximum absolute atomic E-state index is 12.4. The van der Waals surface area contributed by atoms with Crippen LogP contribution in [-0.2, 0) is 0 Å². The molecule has 1 amide bonds. The van der Waals surface area contributed by atoms with Gasteiger partial charge in [0.25, 0.3) is 5.91 Å². The first kappa shape index (κ1) is 15.1. The molecule has 0 unspecified atom stereocenters. The van der Waals surface area contributed by atoms with Gasteiger partial charge in [-0.2, -0.15) is 0 Å². The number of hydrogen-bond acceptors (Lipinski definition) is 4. The monoisotopic (exact) mass is 327 g/mol. The van der Waals surface area contributed by atoms with Gasteiger partial charge in [-0.25, -0.2) is 0 Å². The van der Waals surface area contributed by atoms with Gasteiger partial charge in [-0.05, 0) is 43.5 Å². The number of fused-ring (bicyclic) bond motifs is 2. The summed E-state index contributed by atoms with van der Waals surface area (Å²) in [4.78, 5) is 15.4. The number of carbonyl (C=O) groups is 1. The van der Waals surface area contributed by atoms with Gasteiger partial charge in [0.1, 0.15) is 5.75 Å². The van der Waals surface area contributed by atoms with Gasteiger partial charge in [-0.3, -0.25) is 9.78 Å². The Bertz CT molecular complexity index is 725. The molecule has 3 heterocycles. The van der Waals surface area contributed by atoms with Crippen molar-refractivity contribution in [1.82, 2.24) is 15.6 Å². The zero-order chi connectivity index (χ0) is 16.5. The van der Waals surface area contributed by atoms with Crippen molar-refractivity contribution in [3.8, 4) is 17.5 Å². The Balaban J connectivity index is 1.37. The summed E-state index contributed by atoms with van der Waals surface area (Å²) < 4.78 is 10.8. The molecular weight excluding hydrogens is 306 g/mol. The second-order valence-electron chi connectivity index (χ2n) is 6.38. The third-order valence-corrected chi connectivity index (χ3v) is 4.81. The second kappa shape index (κ2) is 6.20. The number of aromatic nitrogens is 1. The molecule has 24 heavy (non-hydrogen) atoms. The van der Waals surface area contributed by atoms with Crippen LogP contribution in [0.3, 0.4) is 0 Å². The number of carbonyl (C=O) groups excluding carboxylic acids is 1. The van der Waals surface area contributed by atoms with Crippen LogP contribution in [0.5, 0.6) is 17.5 Å². The third kappa shape index (κ3) is 2.97. The summed E-state index contributed by atoms with van der Waals surface area (Å²) in [6, 6.07) is 12.0. The molecule has 126 valence electrons. The predicted octanol–water partition coefficient (Wildman–Crippen LogP) is 2.44. The van der Waals surface area contributed by atoms with E-state index < -0.39 is 0 Å². The van der Waals surface area contributed by atoms with Crippen molar-refractivity contribution in [2.24, 2.45) is 0 Å². The van der Waals surface area contributed by atoms with E-state index in [1.54, 1.807) is 43.5 Å². The number of H-pyrrole nitrogens is 1. The lowest BCUT2D eigenvalue weighted by atomic mass is 9.95. The minimum absolute atomic E-state index is 0.0255. The first-order chi connectivity index (χ1) is 11.7. The van der Waals surface area contributed by atoms with Gasteiger partial charge < -0.3 is 20.1 Å². The predicted molar refractivity (Wildman–Crippen MR) is 89.7 cm³/mol. The molecule has 2 aromatic rings. The summed E-state index contributed by atoms with van der Waals surface area (Å²) in [5.74, 6) is 1.87. The van der Waals surface area contributed by atoms with E-state index in [0.29, 0.717) is 35.2 Å². The molecule has 0 aliphatic carbocycles. The normalized spacial score (nSPS) is 24.8. The van der Waals surface area contributed by atoms with Crippen molar-refractivity contribution in [2.45, 2.75) is 37.4 Å². The van der Waals surface area contributed by atoms with Gasteiger partial charge in [0.05, 0.1) is 7.11 Å². The van der Waals surface area contributed by atoms with Crippen LogP contribution >= 0.6 is 0 Å². The van der Waals surface area contributed by atoms with Gasteiger partial charge in [0.2, 0.25) is 0 Å². The molecule has 3 N–H and O–H groups in total. The fourth-order valence-electron chi connectivity index (χ4n) is 3.57. The highest BCUT2D eigenvalue weighted by atomic mass is 16.5. The lowest BCUT2D eigenvalue weighted by Gasteiger charge is -2.21. The fraction of sp³-hybridized carbons (Fsp3) is 0.389. The van der Waals surface area contributed by atoms with E-state index in [1.807, 2.05) is 0 Å². The topological polar surface area (TPSA) is 75.4 Å². The van der Waals surface area contributed by atoms with E-state index in [9.17, 15) is 4.79 Å². The third-order valence-electron chi connectivity index (χ3n) is 4.81. The Morgan fingerprint density at radius 3 is 2.54 bits per heavy atom. The zero-order valence-electron chi connectivity index (χ0n) is 13.5. The first-order valence-corrected chi connectivity index (χ1v) is 8.29. The summed E-state index contributed by atoms with van der Waals surface area (Å²) in [5, 5.41) is 6.67. The average Bonchev–Trinajstić information content (AvgIpc) is 3.32. The van der Waals surface area contributed by atoms with E-state index in [-0.39, 0.29) is 11.9 Å². The van der Waals surface area contributed by atoms with Gasteiger partial charge in [0, 0.05) is 35.8 Å².